The molecule has 4 aromatic rings. The van der Waals surface area contributed by atoms with Gasteiger partial charge in [-0.2, -0.15) is 0 Å². The van der Waals surface area contributed by atoms with Crippen molar-refractivity contribution in [3.63, 3.8) is 0 Å². The molecule has 2 amide bonds. The van der Waals surface area contributed by atoms with Crippen molar-refractivity contribution in [2.45, 2.75) is 45.4 Å². The van der Waals surface area contributed by atoms with E-state index < -0.39 is 23.7 Å². The van der Waals surface area contributed by atoms with Crippen molar-refractivity contribution in [2.24, 2.45) is 5.92 Å². The number of halogens is 1. The van der Waals surface area contributed by atoms with Gasteiger partial charge in [-0.05, 0) is 69.7 Å². The first-order valence-electron chi connectivity index (χ1n) is 13.9. The van der Waals surface area contributed by atoms with Crippen LogP contribution in [0.15, 0.2) is 83.9 Å². The van der Waals surface area contributed by atoms with Crippen LogP contribution in [0, 0.1) is 5.92 Å². The van der Waals surface area contributed by atoms with E-state index in [1.54, 1.807) is 51.4 Å². The molecule has 0 radical (unpaired) electrons. The van der Waals surface area contributed by atoms with E-state index in [1.165, 1.54) is 0 Å². The largest absolute Gasteiger partial charge is 0.444 e. The molecule has 10 heteroatoms. The lowest BCUT2D eigenvalue weighted by Crippen LogP contribution is -2.56. The van der Waals surface area contributed by atoms with E-state index in [-0.39, 0.29) is 17.9 Å². The number of benzene rings is 2. The number of carbonyl (C=O) groups excluding carboxylic acids is 2. The van der Waals surface area contributed by atoms with E-state index in [1.807, 2.05) is 58.0 Å². The van der Waals surface area contributed by atoms with Crippen LogP contribution in [0.5, 0.6) is 0 Å². The number of rotatable bonds is 6. The molecule has 0 aliphatic carbocycles. The summed E-state index contributed by atoms with van der Waals surface area (Å²) in [6.45, 7) is 6.34. The van der Waals surface area contributed by atoms with Crippen LogP contribution in [0.3, 0.4) is 0 Å². The molecular weight excluding hydrogens is 554 g/mol. The molecule has 1 aliphatic heterocycles. The number of piperidine rings is 1. The molecule has 0 saturated carbocycles. The first-order chi connectivity index (χ1) is 20.1. The van der Waals surface area contributed by atoms with Crippen molar-refractivity contribution in [1.29, 1.82) is 0 Å². The number of aromatic nitrogens is 2. The van der Waals surface area contributed by atoms with Crippen LogP contribution in [-0.2, 0) is 16.1 Å². The zero-order chi connectivity index (χ0) is 29.9. The number of pyridine rings is 2. The Morgan fingerprint density at radius 2 is 1.83 bits per heavy atom. The van der Waals surface area contributed by atoms with Crippen molar-refractivity contribution < 1.29 is 14.3 Å². The summed E-state index contributed by atoms with van der Waals surface area (Å²) in [6, 6.07) is 19.9. The molecule has 2 aromatic heterocycles. The van der Waals surface area contributed by atoms with Crippen LogP contribution in [-0.4, -0.2) is 46.3 Å². The maximum atomic E-state index is 13.7. The van der Waals surface area contributed by atoms with Crippen molar-refractivity contribution in [3.8, 4) is 5.69 Å². The van der Waals surface area contributed by atoms with E-state index in [2.05, 4.69) is 15.6 Å². The lowest BCUT2D eigenvalue weighted by Gasteiger charge is -2.38. The topological polar surface area (TPSA) is 106 Å². The van der Waals surface area contributed by atoms with Gasteiger partial charge in [-0.1, -0.05) is 35.9 Å². The van der Waals surface area contributed by atoms with Gasteiger partial charge in [0.1, 0.15) is 11.4 Å². The minimum atomic E-state index is -0.671. The van der Waals surface area contributed by atoms with E-state index >= 15 is 0 Å². The minimum absolute atomic E-state index is 0.0162. The first-order valence-corrected chi connectivity index (χ1v) is 14.3. The predicted molar refractivity (Wildman–Crippen MR) is 164 cm³/mol. The first kappa shape index (κ1) is 29.1. The standard InChI is InChI=1S/C32H34ClN5O4/c1-32(2,3)42-31(41)36-26-14-16-37(28-11-7-8-15-34-28)20-25(26)30(40)35-18-21-19-38(23-9-5-4-6-10-23)27-17-22(33)12-13-24(27)29(21)39/h4-13,15,17,19,25-26H,14,16,18,20H2,1-3H3,(H,35,40)(H,36,41). The summed E-state index contributed by atoms with van der Waals surface area (Å²) in [5, 5.41) is 6.89. The Morgan fingerprint density at radius 3 is 2.55 bits per heavy atom. The zero-order valence-corrected chi connectivity index (χ0v) is 24.6. The molecule has 3 heterocycles. The number of nitrogens with zero attached hydrogens (tertiary/aromatic N) is 3. The molecule has 1 fully saturated rings. The van der Waals surface area contributed by atoms with E-state index in [9.17, 15) is 14.4 Å². The summed E-state index contributed by atoms with van der Waals surface area (Å²) in [7, 11) is 0. The number of carbonyl (C=O) groups is 2. The second kappa shape index (κ2) is 12.2. The molecule has 2 N–H and O–H groups in total. The van der Waals surface area contributed by atoms with Gasteiger partial charge in [-0.25, -0.2) is 9.78 Å². The third-order valence-electron chi connectivity index (χ3n) is 7.15. The summed E-state index contributed by atoms with van der Waals surface area (Å²) in [6.07, 6.45) is 3.40. The number of anilines is 1. The van der Waals surface area contributed by atoms with Crippen LogP contribution in [0.25, 0.3) is 16.6 Å². The van der Waals surface area contributed by atoms with Gasteiger partial charge < -0.3 is 24.8 Å². The van der Waals surface area contributed by atoms with E-state index in [0.717, 1.165) is 11.5 Å². The normalized spacial score (nSPS) is 17.1. The molecule has 42 heavy (non-hydrogen) atoms. The Bertz CT molecular complexity index is 1640. The third-order valence-corrected chi connectivity index (χ3v) is 7.39. The van der Waals surface area contributed by atoms with Crippen molar-refractivity contribution in [2.75, 3.05) is 18.0 Å². The molecule has 2 unspecified atom stereocenters. The molecule has 0 spiro atoms. The fourth-order valence-electron chi connectivity index (χ4n) is 5.19. The Labute approximate surface area is 249 Å². The van der Waals surface area contributed by atoms with Crippen LogP contribution in [0.4, 0.5) is 10.6 Å². The Hall–Kier alpha value is -4.37. The number of hydrogen-bond acceptors (Lipinski definition) is 6. The average Bonchev–Trinajstić information content (AvgIpc) is 2.96. The maximum absolute atomic E-state index is 13.7. The van der Waals surface area contributed by atoms with Gasteiger partial charge in [0.25, 0.3) is 0 Å². The molecule has 9 nitrogen and oxygen atoms in total. The second-order valence-electron chi connectivity index (χ2n) is 11.4. The lowest BCUT2D eigenvalue weighted by molar-refractivity contribution is -0.126. The second-order valence-corrected chi connectivity index (χ2v) is 11.8. The van der Waals surface area contributed by atoms with Crippen LogP contribution in [0.2, 0.25) is 5.02 Å². The molecule has 1 aliphatic rings. The summed E-state index contributed by atoms with van der Waals surface area (Å²) in [5.74, 6) is -0.132. The summed E-state index contributed by atoms with van der Waals surface area (Å²) in [4.78, 5) is 46.3. The highest BCUT2D eigenvalue weighted by Crippen LogP contribution is 2.24. The fourth-order valence-corrected chi connectivity index (χ4v) is 5.36. The number of fused-ring (bicyclic) bond motifs is 1. The van der Waals surface area contributed by atoms with Gasteiger partial charge in [-0.15, -0.1) is 0 Å². The van der Waals surface area contributed by atoms with Crippen LogP contribution >= 0.6 is 11.6 Å². The molecule has 218 valence electrons. The minimum Gasteiger partial charge on any atom is -0.444 e. The smallest absolute Gasteiger partial charge is 0.407 e. The van der Waals surface area contributed by atoms with Crippen molar-refractivity contribution in [3.05, 3.63) is 99.9 Å². The maximum Gasteiger partial charge on any atom is 0.407 e. The van der Waals surface area contributed by atoms with Crippen LogP contribution < -0.4 is 21.0 Å². The third kappa shape index (κ3) is 6.74. The van der Waals surface area contributed by atoms with Crippen molar-refractivity contribution in [1.82, 2.24) is 20.2 Å². The average molecular weight is 588 g/mol. The Kier molecular flexibility index (Phi) is 8.49. The van der Waals surface area contributed by atoms with Crippen molar-refractivity contribution >= 4 is 40.3 Å². The van der Waals surface area contributed by atoms with Gasteiger partial charge in [-0.3, -0.25) is 9.59 Å². The highest BCUT2D eigenvalue weighted by molar-refractivity contribution is 6.31. The quantitative estimate of drug-likeness (QED) is 0.326. The molecule has 0 bridgehead atoms. The Morgan fingerprint density at radius 1 is 1.07 bits per heavy atom. The molecule has 2 atom stereocenters. The number of nitrogens with one attached hydrogen (secondary N) is 2. The molecule has 5 rings (SSSR count). The number of para-hydroxylation sites is 1. The van der Waals surface area contributed by atoms with Gasteiger partial charge >= 0.3 is 6.09 Å². The zero-order valence-electron chi connectivity index (χ0n) is 23.8. The highest BCUT2D eigenvalue weighted by Gasteiger charge is 2.36. The number of ether oxygens (including phenoxy) is 1. The summed E-state index contributed by atoms with van der Waals surface area (Å²) >= 11 is 6.28. The molecule has 1 saturated heterocycles. The molecule has 2 aromatic carbocycles. The molecular formula is C32H34ClN5O4. The van der Waals surface area contributed by atoms with Crippen LogP contribution in [0.1, 0.15) is 32.8 Å². The predicted octanol–water partition coefficient (Wildman–Crippen LogP) is 5.08. The van der Waals surface area contributed by atoms with Gasteiger partial charge in [0, 0.05) is 59.7 Å². The highest BCUT2D eigenvalue weighted by atomic mass is 35.5. The fraction of sp³-hybridized carbons (Fsp3) is 0.312. The van der Waals surface area contributed by atoms with Gasteiger partial charge in [0.2, 0.25) is 5.91 Å². The lowest BCUT2D eigenvalue weighted by atomic mass is 9.91. The number of hydrogen-bond donors (Lipinski definition) is 2. The van der Waals surface area contributed by atoms with Gasteiger partial charge in [0.15, 0.2) is 5.43 Å². The number of alkyl carbamates (subject to hydrolysis) is 1. The van der Waals surface area contributed by atoms with Gasteiger partial charge in [0.05, 0.1) is 11.4 Å². The van der Waals surface area contributed by atoms with E-state index in [4.69, 9.17) is 16.3 Å². The summed E-state index contributed by atoms with van der Waals surface area (Å²) in [5.41, 5.74) is 1.11. The monoisotopic (exact) mass is 587 g/mol. The summed E-state index contributed by atoms with van der Waals surface area (Å²) < 4.78 is 7.37. The SMILES string of the molecule is CC(C)(C)OC(=O)NC1CCN(c2ccccn2)CC1C(=O)NCc1cn(-c2ccccc2)c2cc(Cl)ccc2c1=O. The van der Waals surface area contributed by atoms with E-state index in [0.29, 0.717) is 41.0 Å². The Balaban J connectivity index is 1.41. The number of amides is 2.